The van der Waals surface area contributed by atoms with Gasteiger partial charge in [-0.2, -0.15) is 0 Å². The fourth-order valence-corrected chi connectivity index (χ4v) is 1.50. The minimum Gasteiger partial charge on any atom is -0.381 e. The number of hydrogen-bond donors (Lipinski definition) is 2. The summed E-state index contributed by atoms with van der Waals surface area (Å²) in [6.07, 6.45) is 0.829. The van der Waals surface area contributed by atoms with Crippen LogP contribution in [0.3, 0.4) is 0 Å². The van der Waals surface area contributed by atoms with Crippen molar-refractivity contribution in [1.82, 2.24) is 4.98 Å². The summed E-state index contributed by atoms with van der Waals surface area (Å²) in [5, 5.41) is 2.93. The Labute approximate surface area is 94.1 Å². The van der Waals surface area contributed by atoms with Gasteiger partial charge in [-0.1, -0.05) is 20.8 Å². The molecule has 1 rings (SSSR count). The topological polar surface area (TPSA) is 50.9 Å². The summed E-state index contributed by atoms with van der Waals surface area (Å²) in [6.45, 7) is 6.03. The third-order valence-electron chi connectivity index (χ3n) is 2.52. The van der Waals surface area contributed by atoms with Crippen molar-refractivity contribution in [3.05, 3.63) is 17.7 Å². The highest BCUT2D eigenvalue weighted by Crippen LogP contribution is 2.19. The molecule has 0 spiro atoms. The molecule has 1 heterocycles. The molecule has 0 radical (unpaired) electrons. The lowest BCUT2D eigenvalue weighted by Gasteiger charge is -2.21. The molecule has 0 fully saturated rings. The molecule has 0 amide bonds. The van der Waals surface area contributed by atoms with Gasteiger partial charge in [-0.15, -0.1) is 0 Å². The van der Waals surface area contributed by atoms with Crippen LogP contribution in [0.25, 0.3) is 0 Å². The Balaban J connectivity index is 2.92. The molecule has 1 unspecified atom stereocenters. The van der Waals surface area contributed by atoms with Crippen molar-refractivity contribution >= 4 is 11.6 Å². The zero-order valence-electron chi connectivity index (χ0n) is 9.72. The molecule has 3 N–H and O–H groups in total. The molecule has 0 saturated heterocycles. The summed E-state index contributed by atoms with van der Waals surface area (Å²) in [6, 6.07) is 0.837. The second-order valence-corrected chi connectivity index (χ2v) is 4.09. The monoisotopic (exact) mass is 229 g/mol. The van der Waals surface area contributed by atoms with E-state index in [1.807, 2.05) is 20.8 Å². The number of nitrogen functional groups attached to an aromatic ring is 1. The Kier molecular flexibility index (Phi) is 4.04. The average molecular weight is 229 g/mol. The van der Waals surface area contributed by atoms with Crippen LogP contribution in [0.4, 0.5) is 20.4 Å². The fourth-order valence-electron chi connectivity index (χ4n) is 1.50. The van der Waals surface area contributed by atoms with Crippen LogP contribution in [-0.4, -0.2) is 11.0 Å². The highest BCUT2D eigenvalue weighted by molar-refractivity contribution is 5.45. The maximum Gasteiger partial charge on any atom is 0.168 e. The van der Waals surface area contributed by atoms with E-state index in [0.717, 1.165) is 12.5 Å². The van der Waals surface area contributed by atoms with E-state index >= 15 is 0 Å². The van der Waals surface area contributed by atoms with E-state index < -0.39 is 11.6 Å². The van der Waals surface area contributed by atoms with E-state index in [-0.39, 0.29) is 17.7 Å². The summed E-state index contributed by atoms with van der Waals surface area (Å²) in [5.74, 6) is -1.49. The van der Waals surface area contributed by atoms with E-state index in [0.29, 0.717) is 5.92 Å². The molecule has 0 bridgehead atoms. The molecule has 16 heavy (non-hydrogen) atoms. The number of nitrogens with zero attached hydrogens (tertiary/aromatic N) is 1. The molecule has 0 aliphatic carbocycles. The van der Waals surface area contributed by atoms with Crippen molar-refractivity contribution in [2.45, 2.75) is 33.2 Å². The molecular weight excluding hydrogens is 212 g/mol. The summed E-state index contributed by atoms with van der Waals surface area (Å²) >= 11 is 0. The summed E-state index contributed by atoms with van der Waals surface area (Å²) in [5.41, 5.74) is 5.29. The molecular formula is C11H17F2N3. The van der Waals surface area contributed by atoms with Crippen LogP contribution in [0.15, 0.2) is 6.07 Å². The third kappa shape index (κ3) is 2.81. The first-order chi connectivity index (χ1) is 7.45. The molecule has 0 aromatic carbocycles. The molecule has 1 atom stereocenters. The van der Waals surface area contributed by atoms with Crippen LogP contribution >= 0.6 is 0 Å². The molecule has 5 heteroatoms. The molecule has 90 valence electrons. The average Bonchev–Trinajstić information content (AvgIpc) is 2.21. The minimum absolute atomic E-state index is 0.0134. The fraction of sp³-hybridized carbons (Fsp3) is 0.545. The highest BCUT2D eigenvalue weighted by Gasteiger charge is 2.15. The van der Waals surface area contributed by atoms with Crippen LogP contribution in [0.2, 0.25) is 0 Å². The van der Waals surface area contributed by atoms with Crippen molar-refractivity contribution in [2.75, 3.05) is 11.1 Å². The SMILES string of the molecule is CCC(Nc1nc(N)c(F)cc1F)C(C)C. The summed E-state index contributed by atoms with van der Waals surface area (Å²) in [7, 11) is 0. The van der Waals surface area contributed by atoms with Crippen molar-refractivity contribution in [3.63, 3.8) is 0 Å². The van der Waals surface area contributed by atoms with Crippen LogP contribution in [-0.2, 0) is 0 Å². The molecule has 3 nitrogen and oxygen atoms in total. The van der Waals surface area contributed by atoms with E-state index in [1.165, 1.54) is 0 Å². The molecule has 1 aromatic heterocycles. The first-order valence-electron chi connectivity index (χ1n) is 5.33. The van der Waals surface area contributed by atoms with Gasteiger partial charge in [0.25, 0.3) is 0 Å². The predicted octanol–water partition coefficient (Wildman–Crippen LogP) is 2.79. The number of anilines is 2. The van der Waals surface area contributed by atoms with Gasteiger partial charge >= 0.3 is 0 Å². The molecule has 1 aromatic rings. The van der Waals surface area contributed by atoms with E-state index in [4.69, 9.17) is 5.73 Å². The van der Waals surface area contributed by atoms with Gasteiger partial charge in [0.15, 0.2) is 23.3 Å². The van der Waals surface area contributed by atoms with Crippen LogP contribution in [0, 0.1) is 17.6 Å². The number of pyridine rings is 1. The second kappa shape index (κ2) is 5.09. The number of rotatable bonds is 4. The molecule has 0 aliphatic rings. The summed E-state index contributed by atoms with van der Waals surface area (Å²) in [4.78, 5) is 3.66. The van der Waals surface area contributed by atoms with Gasteiger partial charge in [0, 0.05) is 12.1 Å². The van der Waals surface area contributed by atoms with Gasteiger partial charge in [0.2, 0.25) is 0 Å². The molecule has 0 saturated carbocycles. The lowest BCUT2D eigenvalue weighted by molar-refractivity contribution is 0.503. The first kappa shape index (κ1) is 12.7. The summed E-state index contributed by atoms with van der Waals surface area (Å²) < 4.78 is 26.3. The number of hydrogen-bond acceptors (Lipinski definition) is 3. The van der Waals surface area contributed by atoms with Crippen LogP contribution in [0.5, 0.6) is 0 Å². The zero-order chi connectivity index (χ0) is 12.3. The normalized spacial score (nSPS) is 12.9. The maximum absolute atomic E-state index is 13.4. The van der Waals surface area contributed by atoms with Gasteiger partial charge in [-0.25, -0.2) is 13.8 Å². The Morgan fingerprint density at radius 3 is 2.50 bits per heavy atom. The van der Waals surface area contributed by atoms with Gasteiger partial charge < -0.3 is 11.1 Å². The third-order valence-corrected chi connectivity index (χ3v) is 2.52. The lowest BCUT2D eigenvalue weighted by Crippen LogP contribution is -2.26. The van der Waals surface area contributed by atoms with Gasteiger partial charge in [0.05, 0.1) is 0 Å². The van der Waals surface area contributed by atoms with E-state index in [2.05, 4.69) is 10.3 Å². The van der Waals surface area contributed by atoms with Crippen LogP contribution < -0.4 is 11.1 Å². The Morgan fingerprint density at radius 2 is 2.00 bits per heavy atom. The van der Waals surface area contributed by atoms with Gasteiger partial charge in [-0.05, 0) is 12.3 Å². The second-order valence-electron chi connectivity index (χ2n) is 4.09. The lowest BCUT2D eigenvalue weighted by atomic mass is 10.0. The number of nitrogens with one attached hydrogen (secondary N) is 1. The van der Waals surface area contributed by atoms with Crippen molar-refractivity contribution in [2.24, 2.45) is 5.92 Å². The van der Waals surface area contributed by atoms with Crippen molar-refractivity contribution in [1.29, 1.82) is 0 Å². The number of nitrogens with two attached hydrogens (primary N) is 1. The molecule has 0 aliphatic heterocycles. The first-order valence-corrected chi connectivity index (χ1v) is 5.33. The smallest absolute Gasteiger partial charge is 0.168 e. The highest BCUT2D eigenvalue weighted by atomic mass is 19.1. The van der Waals surface area contributed by atoms with Crippen molar-refractivity contribution in [3.8, 4) is 0 Å². The van der Waals surface area contributed by atoms with Crippen LogP contribution in [0.1, 0.15) is 27.2 Å². The quantitative estimate of drug-likeness (QED) is 0.834. The largest absolute Gasteiger partial charge is 0.381 e. The minimum atomic E-state index is -0.833. The predicted molar refractivity (Wildman–Crippen MR) is 61.1 cm³/mol. The standard InChI is InChI=1S/C11H17F2N3/c1-4-9(6(2)3)15-11-8(13)5-7(12)10(14)16-11/h5-6,9H,4H2,1-3H3,(H3,14,15,16). The Morgan fingerprint density at radius 1 is 1.38 bits per heavy atom. The van der Waals surface area contributed by atoms with E-state index in [9.17, 15) is 8.78 Å². The Hall–Kier alpha value is -1.39. The number of aromatic nitrogens is 1. The maximum atomic E-state index is 13.4. The zero-order valence-corrected chi connectivity index (χ0v) is 9.72. The Bertz CT molecular complexity index is 366. The number of halogens is 2. The van der Waals surface area contributed by atoms with E-state index in [1.54, 1.807) is 0 Å². The van der Waals surface area contributed by atoms with Crippen molar-refractivity contribution < 1.29 is 8.78 Å². The van der Waals surface area contributed by atoms with Gasteiger partial charge in [0.1, 0.15) is 0 Å². The van der Waals surface area contributed by atoms with Gasteiger partial charge in [-0.3, -0.25) is 0 Å².